The second kappa shape index (κ2) is 6.74. The molecule has 0 aliphatic carbocycles. The third kappa shape index (κ3) is 3.83. The molecular weight excluding hydrogens is 311 g/mol. The van der Waals surface area contributed by atoms with Crippen molar-refractivity contribution in [2.24, 2.45) is 0 Å². The Kier molecular flexibility index (Phi) is 4.98. The summed E-state index contributed by atoms with van der Waals surface area (Å²) in [7, 11) is 0. The van der Waals surface area contributed by atoms with Crippen molar-refractivity contribution in [2.45, 2.75) is 6.54 Å². The number of halogens is 2. The molecule has 1 heterocycles. The van der Waals surface area contributed by atoms with Gasteiger partial charge in [-0.3, -0.25) is 4.79 Å². The molecule has 0 aliphatic rings. The molecule has 0 radical (unpaired) electrons. The molecule has 1 aromatic heterocycles. The number of amides is 1. The van der Waals surface area contributed by atoms with Crippen molar-refractivity contribution in [3.63, 3.8) is 0 Å². The molecule has 0 bridgehead atoms. The fourth-order valence-corrected chi connectivity index (χ4v) is 2.96. The minimum absolute atomic E-state index is 0.0430. The minimum atomic E-state index is -0.535. The Hall–Kier alpha value is -1.85. The zero-order valence-corrected chi connectivity index (χ0v) is 12.8. The van der Waals surface area contributed by atoms with E-state index in [-0.39, 0.29) is 11.6 Å². The molecule has 1 amide bonds. The summed E-state index contributed by atoms with van der Waals surface area (Å²) in [6.07, 6.45) is 1.64. The van der Waals surface area contributed by atoms with Crippen LogP contribution in [0.25, 0.3) is 0 Å². The van der Waals surface area contributed by atoms with Gasteiger partial charge in [0.1, 0.15) is 5.82 Å². The number of thiophene rings is 1. The van der Waals surface area contributed by atoms with E-state index in [2.05, 4.69) is 6.58 Å². The van der Waals surface area contributed by atoms with Gasteiger partial charge in [-0.05, 0) is 30.3 Å². The first-order valence-electron chi connectivity index (χ1n) is 6.20. The van der Waals surface area contributed by atoms with Crippen molar-refractivity contribution < 1.29 is 9.18 Å². The molecular formula is C15H14ClFN2OS. The van der Waals surface area contributed by atoms with E-state index in [4.69, 9.17) is 17.3 Å². The molecule has 3 nitrogen and oxygen atoms in total. The van der Waals surface area contributed by atoms with Crippen molar-refractivity contribution in [2.75, 3.05) is 12.3 Å². The molecule has 1 aromatic carbocycles. The third-order valence-corrected chi connectivity index (χ3v) is 4.07. The molecule has 0 saturated heterocycles. The Balaban J connectivity index is 2.22. The maximum Gasteiger partial charge on any atom is 0.254 e. The molecule has 6 heteroatoms. The molecule has 0 aliphatic heterocycles. The zero-order chi connectivity index (χ0) is 15.4. The highest BCUT2D eigenvalue weighted by molar-refractivity contribution is 7.16. The molecule has 110 valence electrons. The normalized spacial score (nSPS) is 10.4. The molecule has 2 N–H and O–H groups in total. The fraction of sp³-hybridized carbons (Fsp3) is 0.133. The molecule has 0 unspecified atom stereocenters. The average molecular weight is 325 g/mol. The number of nitrogens with zero attached hydrogens (tertiary/aromatic N) is 1. The standard InChI is InChI=1S/C15H14ClFN2OS/c1-2-7-19(9-11-4-6-14(16)21-11)15(20)10-3-5-12(17)13(18)8-10/h2-6,8H,1,7,9,18H2. The van der Waals surface area contributed by atoms with E-state index >= 15 is 0 Å². The van der Waals surface area contributed by atoms with Gasteiger partial charge < -0.3 is 10.6 Å². The van der Waals surface area contributed by atoms with E-state index in [0.29, 0.717) is 23.0 Å². The maximum absolute atomic E-state index is 13.2. The van der Waals surface area contributed by atoms with Gasteiger partial charge in [0.15, 0.2) is 0 Å². The first-order chi connectivity index (χ1) is 10.0. The Morgan fingerprint density at radius 3 is 2.76 bits per heavy atom. The molecule has 0 atom stereocenters. The molecule has 0 saturated carbocycles. The molecule has 0 fully saturated rings. The topological polar surface area (TPSA) is 46.3 Å². The lowest BCUT2D eigenvalue weighted by Gasteiger charge is -2.20. The second-order valence-corrected chi connectivity index (χ2v) is 6.22. The van der Waals surface area contributed by atoms with Gasteiger partial charge in [0.2, 0.25) is 0 Å². The Morgan fingerprint density at radius 2 is 2.19 bits per heavy atom. The summed E-state index contributed by atoms with van der Waals surface area (Å²) in [5, 5.41) is 0. The van der Waals surface area contributed by atoms with Crippen LogP contribution in [0.15, 0.2) is 43.0 Å². The summed E-state index contributed by atoms with van der Waals surface area (Å²) in [6.45, 7) is 4.45. The Morgan fingerprint density at radius 1 is 1.43 bits per heavy atom. The van der Waals surface area contributed by atoms with E-state index < -0.39 is 5.82 Å². The van der Waals surface area contributed by atoms with Gasteiger partial charge in [0.25, 0.3) is 5.91 Å². The SMILES string of the molecule is C=CCN(Cc1ccc(Cl)s1)C(=O)c1ccc(F)c(N)c1. The Bertz CT molecular complexity index is 671. The smallest absolute Gasteiger partial charge is 0.254 e. The second-order valence-electron chi connectivity index (χ2n) is 4.42. The number of nitrogens with two attached hydrogens (primary N) is 1. The predicted octanol–water partition coefficient (Wildman–Crippen LogP) is 3.95. The maximum atomic E-state index is 13.2. The minimum Gasteiger partial charge on any atom is -0.396 e. The first kappa shape index (κ1) is 15.5. The summed E-state index contributed by atoms with van der Waals surface area (Å²) in [5.41, 5.74) is 5.81. The van der Waals surface area contributed by atoms with Crippen LogP contribution in [0, 0.1) is 5.82 Å². The van der Waals surface area contributed by atoms with Crippen LogP contribution in [0.5, 0.6) is 0 Å². The van der Waals surface area contributed by atoms with Gasteiger partial charge in [-0.2, -0.15) is 0 Å². The van der Waals surface area contributed by atoms with Gasteiger partial charge in [0, 0.05) is 17.0 Å². The van der Waals surface area contributed by atoms with Crippen LogP contribution in [0.3, 0.4) is 0 Å². The monoisotopic (exact) mass is 324 g/mol. The van der Waals surface area contributed by atoms with Gasteiger partial charge in [0.05, 0.1) is 16.6 Å². The van der Waals surface area contributed by atoms with Gasteiger partial charge in [-0.25, -0.2) is 4.39 Å². The van der Waals surface area contributed by atoms with Crippen molar-refractivity contribution in [3.8, 4) is 0 Å². The number of anilines is 1. The molecule has 2 rings (SSSR count). The number of hydrogen-bond acceptors (Lipinski definition) is 3. The highest BCUT2D eigenvalue weighted by Crippen LogP contribution is 2.23. The van der Waals surface area contributed by atoms with E-state index in [1.54, 1.807) is 17.0 Å². The summed E-state index contributed by atoms with van der Waals surface area (Å²) in [6, 6.07) is 7.61. The Labute approximate surface area is 131 Å². The van der Waals surface area contributed by atoms with Gasteiger partial charge >= 0.3 is 0 Å². The zero-order valence-electron chi connectivity index (χ0n) is 11.2. The van der Waals surface area contributed by atoms with Crippen LogP contribution in [-0.4, -0.2) is 17.4 Å². The van der Waals surface area contributed by atoms with Crippen LogP contribution >= 0.6 is 22.9 Å². The van der Waals surface area contributed by atoms with Crippen LogP contribution in [-0.2, 0) is 6.54 Å². The summed E-state index contributed by atoms with van der Waals surface area (Å²) in [4.78, 5) is 15.0. The lowest BCUT2D eigenvalue weighted by molar-refractivity contribution is 0.0764. The van der Waals surface area contributed by atoms with E-state index in [1.165, 1.54) is 29.5 Å². The first-order valence-corrected chi connectivity index (χ1v) is 7.40. The number of carbonyl (C=O) groups excluding carboxylic acids is 1. The van der Waals surface area contributed by atoms with Crippen molar-refractivity contribution in [1.82, 2.24) is 4.90 Å². The highest BCUT2D eigenvalue weighted by atomic mass is 35.5. The van der Waals surface area contributed by atoms with Crippen LogP contribution in [0.2, 0.25) is 4.34 Å². The molecule has 2 aromatic rings. The highest BCUT2D eigenvalue weighted by Gasteiger charge is 2.17. The summed E-state index contributed by atoms with van der Waals surface area (Å²) in [5.74, 6) is -0.766. The molecule has 0 spiro atoms. The lowest BCUT2D eigenvalue weighted by Crippen LogP contribution is -2.30. The van der Waals surface area contributed by atoms with Gasteiger partial charge in [-0.1, -0.05) is 17.7 Å². The summed E-state index contributed by atoms with van der Waals surface area (Å²) < 4.78 is 13.9. The number of hydrogen-bond donors (Lipinski definition) is 1. The summed E-state index contributed by atoms with van der Waals surface area (Å²) >= 11 is 7.31. The quantitative estimate of drug-likeness (QED) is 0.668. The van der Waals surface area contributed by atoms with E-state index in [0.717, 1.165) is 4.88 Å². The number of benzene rings is 1. The van der Waals surface area contributed by atoms with E-state index in [9.17, 15) is 9.18 Å². The number of nitrogen functional groups attached to an aromatic ring is 1. The number of carbonyl (C=O) groups is 1. The van der Waals surface area contributed by atoms with Crippen molar-refractivity contribution in [3.05, 3.63) is 63.6 Å². The lowest BCUT2D eigenvalue weighted by atomic mass is 10.1. The van der Waals surface area contributed by atoms with Crippen LogP contribution in [0.1, 0.15) is 15.2 Å². The fourth-order valence-electron chi connectivity index (χ4n) is 1.86. The van der Waals surface area contributed by atoms with Crippen LogP contribution in [0.4, 0.5) is 10.1 Å². The van der Waals surface area contributed by atoms with E-state index in [1.807, 2.05) is 6.07 Å². The van der Waals surface area contributed by atoms with Crippen molar-refractivity contribution >= 4 is 34.5 Å². The third-order valence-electron chi connectivity index (χ3n) is 2.86. The average Bonchev–Trinajstić information content (AvgIpc) is 2.86. The van der Waals surface area contributed by atoms with Crippen LogP contribution < -0.4 is 5.73 Å². The van der Waals surface area contributed by atoms with Gasteiger partial charge in [-0.15, -0.1) is 17.9 Å². The number of rotatable bonds is 5. The molecule has 21 heavy (non-hydrogen) atoms. The predicted molar refractivity (Wildman–Crippen MR) is 85.1 cm³/mol. The van der Waals surface area contributed by atoms with Crippen molar-refractivity contribution in [1.29, 1.82) is 0 Å². The largest absolute Gasteiger partial charge is 0.396 e.